The van der Waals surface area contributed by atoms with Crippen LogP contribution in [-0.4, -0.2) is 0 Å². The Labute approximate surface area is 149 Å². The Kier molecular flexibility index (Phi) is 5.79. The predicted octanol–water partition coefficient (Wildman–Crippen LogP) is 7.01. The molecule has 0 bridgehead atoms. The van der Waals surface area contributed by atoms with E-state index in [-0.39, 0.29) is 5.82 Å². The Balaban J connectivity index is 1.95. The lowest BCUT2D eigenvalue weighted by Gasteiger charge is -2.12. The van der Waals surface area contributed by atoms with Crippen molar-refractivity contribution in [3.63, 3.8) is 0 Å². The van der Waals surface area contributed by atoms with E-state index in [9.17, 15) is 4.39 Å². The fourth-order valence-corrected chi connectivity index (χ4v) is 3.02. The summed E-state index contributed by atoms with van der Waals surface area (Å²) in [5.74, 6) is -0.206. The lowest BCUT2D eigenvalue weighted by Crippen LogP contribution is -1.92. The molecule has 3 rings (SSSR count). The van der Waals surface area contributed by atoms with E-state index >= 15 is 0 Å². The van der Waals surface area contributed by atoms with Gasteiger partial charge in [-0.2, -0.15) is 0 Å². The first kappa shape index (κ1) is 17.2. The zero-order chi connectivity index (χ0) is 17.5. The summed E-state index contributed by atoms with van der Waals surface area (Å²) in [6.45, 7) is 2.22. The molecule has 0 unspecified atom stereocenters. The van der Waals surface area contributed by atoms with Gasteiger partial charge in [-0.15, -0.1) is 0 Å². The molecule has 0 nitrogen and oxygen atoms in total. The number of aryl methyl sites for hydroxylation is 1. The van der Waals surface area contributed by atoms with Crippen molar-refractivity contribution < 1.29 is 4.39 Å². The van der Waals surface area contributed by atoms with Crippen LogP contribution in [0.4, 0.5) is 4.39 Å². The van der Waals surface area contributed by atoms with Gasteiger partial charge in [-0.3, -0.25) is 0 Å². The Bertz CT molecular complexity index is 844. The molecular formula is C24H23F. The van der Waals surface area contributed by atoms with Crippen LogP contribution in [0.25, 0.3) is 23.3 Å². The highest BCUT2D eigenvalue weighted by atomic mass is 19.1. The van der Waals surface area contributed by atoms with Gasteiger partial charge in [0.1, 0.15) is 5.82 Å². The smallest absolute Gasteiger partial charge is 0.123 e. The number of hydrogen-bond acceptors (Lipinski definition) is 0. The van der Waals surface area contributed by atoms with Crippen LogP contribution in [-0.2, 0) is 6.42 Å². The van der Waals surface area contributed by atoms with Gasteiger partial charge in [0.05, 0.1) is 0 Å². The molecule has 0 aliphatic carbocycles. The first-order valence-electron chi connectivity index (χ1n) is 8.89. The van der Waals surface area contributed by atoms with Gasteiger partial charge in [-0.05, 0) is 52.8 Å². The van der Waals surface area contributed by atoms with Gasteiger partial charge in [0.25, 0.3) is 0 Å². The molecule has 0 radical (unpaired) electrons. The van der Waals surface area contributed by atoms with Crippen molar-refractivity contribution in [2.75, 3.05) is 0 Å². The predicted molar refractivity (Wildman–Crippen MR) is 106 cm³/mol. The monoisotopic (exact) mass is 330 g/mol. The van der Waals surface area contributed by atoms with Gasteiger partial charge in [-0.25, -0.2) is 4.39 Å². The molecule has 25 heavy (non-hydrogen) atoms. The second-order valence-electron chi connectivity index (χ2n) is 6.23. The van der Waals surface area contributed by atoms with E-state index in [1.807, 2.05) is 6.08 Å². The molecule has 3 aromatic carbocycles. The number of benzene rings is 3. The molecule has 3 aromatic rings. The van der Waals surface area contributed by atoms with Crippen LogP contribution >= 0.6 is 0 Å². The summed E-state index contributed by atoms with van der Waals surface area (Å²) < 4.78 is 13.1. The molecular weight excluding hydrogens is 307 g/mol. The molecule has 0 heterocycles. The van der Waals surface area contributed by atoms with E-state index in [1.54, 1.807) is 12.1 Å². The largest absolute Gasteiger partial charge is 0.207 e. The zero-order valence-corrected chi connectivity index (χ0v) is 14.6. The fourth-order valence-electron chi connectivity index (χ4n) is 3.02. The van der Waals surface area contributed by atoms with Crippen molar-refractivity contribution >= 4 is 12.2 Å². The van der Waals surface area contributed by atoms with Crippen molar-refractivity contribution in [1.82, 2.24) is 0 Å². The van der Waals surface area contributed by atoms with Crippen molar-refractivity contribution in [3.8, 4) is 11.1 Å². The first-order chi connectivity index (χ1) is 12.3. The molecule has 126 valence electrons. The summed E-state index contributed by atoms with van der Waals surface area (Å²) in [5.41, 5.74) is 6.11. The molecule has 0 aliphatic heterocycles. The lowest BCUT2D eigenvalue weighted by atomic mass is 9.92. The van der Waals surface area contributed by atoms with Crippen molar-refractivity contribution in [1.29, 1.82) is 0 Å². The van der Waals surface area contributed by atoms with E-state index in [4.69, 9.17) is 0 Å². The highest BCUT2D eigenvalue weighted by Gasteiger charge is 2.07. The maximum absolute atomic E-state index is 13.1. The second-order valence-corrected chi connectivity index (χ2v) is 6.23. The Morgan fingerprint density at radius 1 is 0.760 bits per heavy atom. The molecule has 0 aliphatic rings. The minimum Gasteiger partial charge on any atom is -0.207 e. The summed E-state index contributed by atoms with van der Waals surface area (Å²) in [6, 6.07) is 23.7. The minimum absolute atomic E-state index is 0.206. The van der Waals surface area contributed by atoms with Crippen molar-refractivity contribution in [2.45, 2.75) is 26.2 Å². The molecule has 0 amide bonds. The fraction of sp³-hybridized carbons (Fsp3) is 0.167. The normalized spacial score (nSPS) is 11.1. The number of hydrogen-bond donors (Lipinski definition) is 0. The van der Waals surface area contributed by atoms with Gasteiger partial charge in [-0.1, -0.05) is 86.2 Å². The number of rotatable bonds is 6. The molecule has 0 aromatic heterocycles. The van der Waals surface area contributed by atoms with Crippen molar-refractivity contribution in [2.24, 2.45) is 0 Å². The molecule has 0 spiro atoms. The van der Waals surface area contributed by atoms with E-state index in [1.165, 1.54) is 47.2 Å². The zero-order valence-electron chi connectivity index (χ0n) is 14.6. The average molecular weight is 330 g/mol. The SMILES string of the molecule is CCCCc1ccccc1-c1ccccc1C=Cc1ccc(F)cc1. The summed E-state index contributed by atoms with van der Waals surface area (Å²) in [7, 11) is 0. The van der Waals surface area contributed by atoms with Crippen LogP contribution in [0.3, 0.4) is 0 Å². The summed E-state index contributed by atoms with van der Waals surface area (Å²) >= 11 is 0. The maximum Gasteiger partial charge on any atom is 0.123 e. The molecule has 0 N–H and O–H groups in total. The molecule has 0 saturated heterocycles. The third kappa shape index (κ3) is 4.45. The van der Waals surface area contributed by atoms with E-state index in [0.717, 1.165) is 12.0 Å². The third-order valence-electron chi connectivity index (χ3n) is 4.39. The summed E-state index contributed by atoms with van der Waals surface area (Å²) in [4.78, 5) is 0. The van der Waals surface area contributed by atoms with Gasteiger partial charge in [0.2, 0.25) is 0 Å². The molecule has 0 saturated carbocycles. The molecule has 1 heteroatoms. The standard InChI is InChI=1S/C24H23F/c1-2-3-8-20-9-4-6-11-23(20)24-12-7-5-10-21(24)16-13-19-14-17-22(25)18-15-19/h4-7,9-18H,2-3,8H2,1H3. The van der Waals surface area contributed by atoms with Crippen LogP contribution in [0.1, 0.15) is 36.5 Å². The van der Waals surface area contributed by atoms with Crippen LogP contribution < -0.4 is 0 Å². The van der Waals surface area contributed by atoms with Crippen LogP contribution in [0, 0.1) is 5.82 Å². The highest BCUT2D eigenvalue weighted by molar-refractivity contribution is 5.82. The van der Waals surface area contributed by atoms with Crippen LogP contribution in [0.15, 0.2) is 72.8 Å². The Morgan fingerprint density at radius 3 is 2.20 bits per heavy atom. The Hall–Kier alpha value is -2.67. The maximum atomic E-state index is 13.1. The second kappa shape index (κ2) is 8.43. The lowest BCUT2D eigenvalue weighted by molar-refractivity contribution is 0.628. The summed E-state index contributed by atoms with van der Waals surface area (Å²) in [5, 5.41) is 0. The number of unbranched alkanes of at least 4 members (excludes halogenated alkanes) is 1. The molecule has 0 atom stereocenters. The van der Waals surface area contributed by atoms with Crippen LogP contribution in [0.5, 0.6) is 0 Å². The highest BCUT2D eigenvalue weighted by Crippen LogP contribution is 2.29. The van der Waals surface area contributed by atoms with Crippen molar-refractivity contribution in [3.05, 3.63) is 95.3 Å². The average Bonchev–Trinajstić information content (AvgIpc) is 2.66. The van der Waals surface area contributed by atoms with E-state index < -0.39 is 0 Å². The topological polar surface area (TPSA) is 0 Å². The number of halogens is 1. The van der Waals surface area contributed by atoms with Gasteiger partial charge in [0.15, 0.2) is 0 Å². The quantitative estimate of drug-likeness (QED) is 0.427. The summed E-state index contributed by atoms with van der Waals surface area (Å²) in [6.07, 6.45) is 7.64. The van der Waals surface area contributed by atoms with E-state index in [0.29, 0.717) is 0 Å². The van der Waals surface area contributed by atoms with Gasteiger partial charge in [0, 0.05) is 0 Å². The van der Waals surface area contributed by atoms with Crippen LogP contribution in [0.2, 0.25) is 0 Å². The van der Waals surface area contributed by atoms with E-state index in [2.05, 4.69) is 61.5 Å². The third-order valence-corrected chi connectivity index (χ3v) is 4.39. The van der Waals surface area contributed by atoms with Gasteiger partial charge < -0.3 is 0 Å². The molecule has 0 fully saturated rings. The van der Waals surface area contributed by atoms with Gasteiger partial charge >= 0.3 is 0 Å². The minimum atomic E-state index is -0.206. The first-order valence-corrected chi connectivity index (χ1v) is 8.89. The Morgan fingerprint density at radius 2 is 1.44 bits per heavy atom.